The predicted molar refractivity (Wildman–Crippen MR) is 96.3 cm³/mol. The Kier molecular flexibility index (Phi) is 5.20. The number of hydrogen-bond acceptors (Lipinski definition) is 6. The van der Waals surface area contributed by atoms with Crippen LogP contribution in [-0.2, 0) is 4.79 Å². The average molecular weight is 343 g/mol. The SMILES string of the molecule is Nc1cc(N)nc(S[C@@H](C(=O)NC2CCCC2)c2ccccc2)n1. The first-order chi connectivity index (χ1) is 11.6. The summed E-state index contributed by atoms with van der Waals surface area (Å²) in [5.74, 6) is 0.573. The molecule has 1 fully saturated rings. The van der Waals surface area contributed by atoms with Crippen LogP contribution in [0.25, 0.3) is 0 Å². The van der Waals surface area contributed by atoms with Crippen LogP contribution >= 0.6 is 11.8 Å². The van der Waals surface area contributed by atoms with Gasteiger partial charge in [-0.05, 0) is 18.4 Å². The van der Waals surface area contributed by atoms with E-state index in [1.54, 1.807) is 0 Å². The van der Waals surface area contributed by atoms with E-state index >= 15 is 0 Å². The zero-order valence-electron chi connectivity index (χ0n) is 13.3. The highest BCUT2D eigenvalue weighted by atomic mass is 32.2. The summed E-state index contributed by atoms with van der Waals surface area (Å²) in [7, 11) is 0. The lowest BCUT2D eigenvalue weighted by Crippen LogP contribution is -2.35. The fraction of sp³-hybridized carbons (Fsp3) is 0.353. The zero-order chi connectivity index (χ0) is 16.9. The molecule has 1 aromatic carbocycles. The normalized spacial score (nSPS) is 16.0. The summed E-state index contributed by atoms with van der Waals surface area (Å²) >= 11 is 1.27. The highest BCUT2D eigenvalue weighted by molar-refractivity contribution is 8.00. The molecule has 1 saturated carbocycles. The van der Waals surface area contributed by atoms with E-state index in [0.717, 1.165) is 18.4 Å². The van der Waals surface area contributed by atoms with Gasteiger partial charge >= 0.3 is 0 Å². The maximum absolute atomic E-state index is 12.8. The van der Waals surface area contributed by atoms with Crippen LogP contribution in [0.15, 0.2) is 41.6 Å². The summed E-state index contributed by atoms with van der Waals surface area (Å²) in [4.78, 5) is 21.2. The molecule has 0 spiro atoms. The van der Waals surface area contributed by atoms with Gasteiger partial charge in [0.25, 0.3) is 0 Å². The molecular weight excluding hydrogens is 322 g/mol. The van der Waals surface area contributed by atoms with Crippen molar-refractivity contribution >= 4 is 29.3 Å². The molecule has 0 saturated heterocycles. The number of nitrogens with one attached hydrogen (secondary N) is 1. The lowest BCUT2D eigenvalue weighted by Gasteiger charge is -2.19. The molecule has 1 atom stereocenters. The number of rotatable bonds is 5. The molecule has 0 aliphatic heterocycles. The summed E-state index contributed by atoms with van der Waals surface area (Å²) in [6.07, 6.45) is 4.42. The minimum Gasteiger partial charge on any atom is -0.383 e. The highest BCUT2D eigenvalue weighted by Gasteiger charge is 2.26. The van der Waals surface area contributed by atoms with Crippen molar-refractivity contribution < 1.29 is 4.79 Å². The van der Waals surface area contributed by atoms with Crippen LogP contribution in [0.3, 0.4) is 0 Å². The van der Waals surface area contributed by atoms with Crippen molar-refractivity contribution in [3.63, 3.8) is 0 Å². The van der Waals surface area contributed by atoms with E-state index < -0.39 is 5.25 Å². The predicted octanol–water partition coefficient (Wildman–Crippen LogP) is 2.53. The zero-order valence-corrected chi connectivity index (χ0v) is 14.1. The van der Waals surface area contributed by atoms with E-state index in [4.69, 9.17) is 11.5 Å². The molecule has 2 aromatic rings. The molecule has 1 aliphatic rings. The number of nitrogens with two attached hydrogens (primary N) is 2. The van der Waals surface area contributed by atoms with Gasteiger partial charge in [0.05, 0.1) is 0 Å². The second kappa shape index (κ2) is 7.53. The Morgan fingerprint density at radius 3 is 2.38 bits per heavy atom. The van der Waals surface area contributed by atoms with E-state index in [9.17, 15) is 4.79 Å². The first kappa shape index (κ1) is 16.6. The van der Waals surface area contributed by atoms with Crippen molar-refractivity contribution in [1.29, 1.82) is 0 Å². The smallest absolute Gasteiger partial charge is 0.238 e. The van der Waals surface area contributed by atoms with Gasteiger partial charge in [-0.3, -0.25) is 4.79 Å². The number of amides is 1. The summed E-state index contributed by atoms with van der Waals surface area (Å²) in [5.41, 5.74) is 12.4. The van der Waals surface area contributed by atoms with Crippen LogP contribution in [0.5, 0.6) is 0 Å². The fourth-order valence-electron chi connectivity index (χ4n) is 2.87. The van der Waals surface area contributed by atoms with Crippen LogP contribution in [0.1, 0.15) is 36.5 Å². The third-order valence-corrected chi connectivity index (χ3v) is 5.13. The van der Waals surface area contributed by atoms with Gasteiger partial charge in [0.2, 0.25) is 5.91 Å². The largest absolute Gasteiger partial charge is 0.383 e. The van der Waals surface area contributed by atoms with Gasteiger partial charge in [0.15, 0.2) is 5.16 Å². The quantitative estimate of drug-likeness (QED) is 0.569. The molecule has 1 heterocycles. The molecule has 6 nitrogen and oxygen atoms in total. The first-order valence-electron chi connectivity index (χ1n) is 8.04. The summed E-state index contributed by atoms with van der Waals surface area (Å²) in [6.45, 7) is 0. The molecule has 1 aliphatic carbocycles. The minimum absolute atomic E-state index is 0.0253. The number of carbonyl (C=O) groups is 1. The number of hydrogen-bond donors (Lipinski definition) is 3. The van der Waals surface area contributed by atoms with Gasteiger partial charge in [-0.15, -0.1) is 0 Å². The van der Waals surface area contributed by atoms with E-state index in [-0.39, 0.29) is 11.9 Å². The second-order valence-corrected chi connectivity index (χ2v) is 6.97. The van der Waals surface area contributed by atoms with Crippen LogP contribution in [0, 0.1) is 0 Å². The summed E-state index contributed by atoms with van der Waals surface area (Å²) in [6, 6.07) is 11.4. The number of anilines is 2. The Labute approximate surface area is 145 Å². The molecule has 1 aromatic heterocycles. The van der Waals surface area contributed by atoms with Crippen molar-refractivity contribution in [2.75, 3.05) is 11.5 Å². The lowest BCUT2D eigenvalue weighted by molar-refractivity contribution is -0.121. The number of aromatic nitrogens is 2. The molecule has 3 rings (SSSR count). The number of thioether (sulfide) groups is 1. The van der Waals surface area contributed by atoms with Crippen molar-refractivity contribution in [2.24, 2.45) is 0 Å². The molecule has 0 radical (unpaired) electrons. The number of benzene rings is 1. The third-order valence-electron chi connectivity index (χ3n) is 4.01. The van der Waals surface area contributed by atoms with Gasteiger partial charge in [-0.25, -0.2) is 9.97 Å². The van der Waals surface area contributed by atoms with E-state index in [1.807, 2.05) is 30.3 Å². The number of nitrogens with zero attached hydrogens (tertiary/aromatic N) is 2. The Bertz CT molecular complexity index is 683. The minimum atomic E-state index is -0.437. The average Bonchev–Trinajstić information content (AvgIpc) is 3.05. The van der Waals surface area contributed by atoms with E-state index in [0.29, 0.717) is 16.8 Å². The third kappa shape index (κ3) is 4.17. The van der Waals surface area contributed by atoms with Crippen molar-refractivity contribution in [2.45, 2.75) is 42.1 Å². The van der Waals surface area contributed by atoms with E-state index in [2.05, 4.69) is 15.3 Å². The van der Waals surface area contributed by atoms with Crippen LogP contribution in [-0.4, -0.2) is 21.9 Å². The lowest BCUT2D eigenvalue weighted by atomic mass is 10.1. The van der Waals surface area contributed by atoms with Crippen LogP contribution in [0.4, 0.5) is 11.6 Å². The molecule has 24 heavy (non-hydrogen) atoms. The first-order valence-corrected chi connectivity index (χ1v) is 8.92. The molecule has 0 unspecified atom stereocenters. The molecule has 1 amide bonds. The maximum atomic E-state index is 12.8. The molecule has 0 bridgehead atoms. The summed E-state index contributed by atoms with van der Waals surface area (Å²) < 4.78 is 0. The Hall–Kier alpha value is -2.28. The van der Waals surface area contributed by atoms with Crippen molar-refractivity contribution in [3.8, 4) is 0 Å². The number of nitrogen functional groups attached to an aromatic ring is 2. The topological polar surface area (TPSA) is 107 Å². The monoisotopic (exact) mass is 343 g/mol. The van der Waals surface area contributed by atoms with Crippen molar-refractivity contribution in [1.82, 2.24) is 15.3 Å². The van der Waals surface area contributed by atoms with Crippen LogP contribution in [0.2, 0.25) is 0 Å². The molecule has 7 heteroatoms. The van der Waals surface area contributed by atoms with Gasteiger partial charge < -0.3 is 16.8 Å². The van der Waals surface area contributed by atoms with Gasteiger partial charge in [0, 0.05) is 12.1 Å². The van der Waals surface area contributed by atoms with E-state index in [1.165, 1.54) is 30.7 Å². The molecule has 126 valence electrons. The standard InChI is InChI=1S/C17H21N5OS/c18-13-10-14(19)22-17(21-13)24-15(11-6-2-1-3-7-11)16(23)20-12-8-4-5-9-12/h1-3,6-7,10,12,15H,4-5,8-9H2,(H,20,23)(H4,18,19,21,22)/t15-/m1/s1. The van der Waals surface area contributed by atoms with Crippen molar-refractivity contribution in [3.05, 3.63) is 42.0 Å². The Morgan fingerprint density at radius 2 is 1.75 bits per heavy atom. The Morgan fingerprint density at radius 1 is 1.12 bits per heavy atom. The van der Waals surface area contributed by atoms with Gasteiger partial charge in [-0.2, -0.15) is 0 Å². The second-order valence-electron chi connectivity index (χ2n) is 5.90. The highest BCUT2D eigenvalue weighted by Crippen LogP contribution is 2.34. The van der Waals surface area contributed by atoms with Gasteiger partial charge in [-0.1, -0.05) is 54.9 Å². The molecular formula is C17H21N5OS. The molecule has 5 N–H and O–H groups in total. The maximum Gasteiger partial charge on any atom is 0.238 e. The van der Waals surface area contributed by atoms with Crippen LogP contribution < -0.4 is 16.8 Å². The number of carbonyl (C=O) groups excluding carboxylic acids is 1. The Balaban J connectivity index is 1.82. The summed E-state index contributed by atoms with van der Waals surface area (Å²) in [5, 5.41) is 3.12. The fourth-order valence-corrected chi connectivity index (χ4v) is 3.86. The van der Waals surface area contributed by atoms with Gasteiger partial charge in [0.1, 0.15) is 16.9 Å².